The van der Waals surface area contributed by atoms with Crippen molar-refractivity contribution >= 4 is 17.6 Å². The molecule has 0 saturated carbocycles. The van der Waals surface area contributed by atoms with E-state index in [1.165, 1.54) is 36.4 Å². The Kier molecular flexibility index (Phi) is 3.66. The van der Waals surface area contributed by atoms with Gasteiger partial charge < -0.3 is 25.7 Å². The summed E-state index contributed by atoms with van der Waals surface area (Å²) in [6, 6.07) is 7.57. The van der Waals surface area contributed by atoms with Gasteiger partial charge in [-0.15, -0.1) is 0 Å². The third-order valence-corrected chi connectivity index (χ3v) is 2.76. The Morgan fingerprint density at radius 2 is 1.48 bits per heavy atom. The molecule has 0 radical (unpaired) electrons. The number of rotatable bonds is 3. The van der Waals surface area contributed by atoms with Crippen LogP contribution in [0.5, 0.6) is 17.2 Å². The fourth-order valence-electron chi connectivity index (χ4n) is 1.76. The lowest BCUT2D eigenvalue weighted by atomic mass is 10.1. The third kappa shape index (κ3) is 2.71. The van der Waals surface area contributed by atoms with Crippen molar-refractivity contribution < 1.29 is 30.0 Å². The number of phenols is 3. The van der Waals surface area contributed by atoms with Crippen LogP contribution in [-0.2, 0) is 0 Å². The average molecular weight is 289 g/mol. The Morgan fingerprint density at radius 1 is 0.905 bits per heavy atom. The smallest absolute Gasteiger partial charge is 0.339 e. The maximum absolute atomic E-state index is 12.0. The summed E-state index contributed by atoms with van der Waals surface area (Å²) < 4.78 is 0. The number of amides is 1. The van der Waals surface area contributed by atoms with Crippen LogP contribution in [0.1, 0.15) is 20.7 Å². The summed E-state index contributed by atoms with van der Waals surface area (Å²) >= 11 is 0. The maximum atomic E-state index is 12.0. The molecule has 0 unspecified atom stereocenters. The minimum absolute atomic E-state index is 0.150. The molecule has 0 spiro atoms. The van der Waals surface area contributed by atoms with E-state index in [0.717, 1.165) is 0 Å². The van der Waals surface area contributed by atoms with E-state index in [4.69, 9.17) is 5.11 Å². The molecule has 0 aliphatic heterocycles. The highest BCUT2D eigenvalue weighted by molar-refractivity contribution is 6.09. The zero-order valence-corrected chi connectivity index (χ0v) is 10.6. The third-order valence-electron chi connectivity index (χ3n) is 2.76. The molecule has 2 rings (SSSR count). The molecular formula is C14H11NO6. The van der Waals surface area contributed by atoms with Crippen LogP contribution < -0.4 is 5.32 Å². The van der Waals surface area contributed by atoms with E-state index < -0.39 is 29.1 Å². The summed E-state index contributed by atoms with van der Waals surface area (Å²) in [5.41, 5.74) is -0.908. The standard InChI is InChI=1S/C14H11NO6/c16-9-5-2-6-10(17)11(9)13(19)15-8-4-1-3-7(12(8)18)14(20)21/h1-6,16-18H,(H,15,19)(H,20,21). The summed E-state index contributed by atoms with van der Waals surface area (Å²) in [7, 11) is 0. The summed E-state index contributed by atoms with van der Waals surface area (Å²) in [4.78, 5) is 22.9. The number of phenolic OH excluding ortho intramolecular Hbond substituents is 2. The van der Waals surface area contributed by atoms with E-state index in [-0.39, 0.29) is 16.8 Å². The minimum atomic E-state index is -1.35. The molecule has 2 aromatic rings. The van der Waals surface area contributed by atoms with Gasteiger partial charge in [0.25, 0.3) is 5.91 Å². The fraction of sp³-hybridized carbons (Fsp3) is 0. The Labute approximate surface area is 118 Å². The number of carboxylic acids is 1. The average Bonchev–Trinajstić information content (AvgIpc) is 2.40. The molecule has 108 valence electrons. The number of anilines is 1. The molecule has 21 heavy (non-hydrogen) atoms. The van der Waals surface area contributed by atoms with Gasteiger partial charge in [-0.2, -0.15) is 0 Å². The first-order valence-corrected chi connectivity index (χ1v) is 5.79. The Morgan fingerprint density at radius 3 is 2.05 bits per heavy atom. The molecule has 0 saturated heterocycles. The quantitative estimate of drug-likeness (QED) is 0.548. The number of carbonyl (C=O) groups is 2. The molecule has 5 N–H and O–H groups in total. The van der Waals surface area contributed by atoms with Crippen molar-refractivity contribution in [3.63, 3.8) is 0 Å². The Hall–Kier alpha value is -3.22. The van der Waals surface area contributed by atoms with E-state index in [1.807, 2.05) is 0 Å². The number of carboxylic acid groups (broad SMARTS) is 1. The van der Waals surface area contributed by atoms with Gasteiger partial charge in [-0.25, -0.2) is 4.79 Å². The van der Waals surface area contributed by atoms with Crippen LogP contribution in [0.3, 0.4) is 0 Å². The Balaban J connectivity index is 2.37. The first kappa shape index (κ1) is 14.2. The number of nitrogens with one attached hydrogen (secondary N) is 1. The van der Waals surface area contributed by atoms with E-state index in [9.17, 15) is 24.9 Å². The lowest BCUT2D eigenvalue weighted by Gasteiger charge is -2.10. The molecule has 2 aromatic carbocycles. The zero-order chi connectivity index (χ0) is 15.6. The van der Waals surface area contributed by atoms with Crippen molar-refractivity contribution in [3.8, 4) is 17.2 Å². The van der Waals surface area contributed by atoms with Crippen LogP contribution in [-0.4, -0.2) is 32.3 Å². The first-order chi connectivity index (χ1) is 9.91. The van der Waals surface area contributed by atoms with Gasteiger partial charge in [0.15, 0.2) is 5.75 Å². The largest absolute Gasteiger partial charge is 0.507 e. The molecule has 0 bridgehead atoms. The number of carbonyl (C=O) groups excluding carboxylic acids is 1. The molecule has 0 aromatic heterocycles. The predicted octanol–water partition coefficient (Wildman–Crippen LogP) is 1.75. The first-order valence-electron chi connectivity index (χ1n) is 5.79. The second-order valence-electron chi connectivity index (χ2n) is 4.13. The van der Waals surface area contributed by atoms with Gasteiger partial charge >= 0.3 is 5.97 Å². The zero-order valence-electron chi connectivity index (χ0n) is 10.6. The van der Waals surface area contributed by atoms with Crippen molar-refractivity contribution in [1.29, 1.82) is 0 Å². The number of aromatic carboxylic acids is 1. The number of hydrogen-bond acceptors (Lipinski definition) is 5. The van der Waals surface area contributed by atoms with E-state index in [0.29, 0.717) is 0 Å². The molecule has 1 amide bonds. The molecule has 7 heteroatoms. The summed E-state index contributed by atoms with van der Waals surface area (Å²) in [5.74, 6) is -3.74. The second-order valence-corrected chi connectivity index (χ2v) is 4.13. The van der Waals surface area contributed by atoms with Gasteiger partial charge in [-0.3, -0.25) is 4.79 Å². The molecule has 0 fully saturated rings. The van der Waals surface area contributed by atoms with Crippen LogP contribution in [0.4, 0.5) is 5.69 Å². The monoisotopic (exact) mass is 289 g/mol. The molecular weight excluding hydrogens is 278 g/mol. The van der Waals surface area contributed by atoms with E-state index in [1.54, 1.807) is 0 Å². The van der Waals surface area contributed by atoms with Crippen LogP contribution in [0.15, 0.2) is 36.4 Å². The maximum Gasteiger partial charge on any atom is 0.339 e. The minimum Gasteiger partial charge on any atom is -0.507 e. The van der Waals surface area contributed by atoms with Crippen LogP contribution >= 0.6 is 0 Å². The van der Waals surface area contributed by atoms with Crippen molar-refractivity contribution in [2.45, 2.75) is 0 Å². The SMILES string of the molecule is O=C(O)c1cccc(NC(=O)c2c(O)cccc2O)c1O. The van der Waals surface area contributed by atoms with Crippen molar-refractivity contribution in [2.24, 2.45) is 0 Å². The van der Waals surface area contributed by atoms with E-state index >= 15 is 0 Å². The predicted molar refractivity (Wildman–Crippen MR) is 72.8 cm³/mol. The lowest BCUT2D eigenvalue weighted by molar-refractivity contribution is 0.0693. The summed E-state index contributed by atoms with van der Waals surface area (Å²) in [6.45, 7) is 0. The number of para-hydroxylation sites is 1. The molecule has 7 nitrogen and oxygen atoms in total. The van der Waals surface area contributed by atoms with Gasteiger partial charge in [-0.1, -0.05) is 12.1 Å². The summed E-state index contributed by atoms with van der Waals surface area (Å²) in [5, 5.41) is 40.0. The van der Waals surface area contributed by atoms with E-state index in [2.05, 4.69) is 5.32 Å². The number of benzene rings is 2. The van der Waals surface area contributed by atoms with Gasteiger partial charge in [0.2, 0.25) is 0 Å². The molecule has 0 atom stereocenters. The molecule has 0 heterocycles. The number of hydrogen-bond donors (Lipinski definition) is 5. The molecule has 0 aliphatic rings. The number of aromatic hydroxyl groups is 3. The van der Waals surface area contributed by atoms with Crippen LogP contribution in [0.25, 0.3) is 0 Å². The summed E-state index contributed by atoms with van der Waals surface area (Å²) in [6.07, 6.45) is 0. The van der Waals surface area contributed by atoms with Crippen molar-refractivity contribution in [1.82, 2.24) is 0 Å². The van der Waals surface area contributed by atoms with Crippen LogP contribution in [0.2, 0.25) is 0 Å². The highest BCUT2D eigenvalue weighted by Crippen LogP contribution is 2.31. The normalized spacial score (nSPS) is 10.1. The van der Waals surface area contributed by atoms with Gasteiger partial charge in [0, 0.05) is 0 Å². The Bertz CT molecular complexity index is 705. The van der Waals surface area contributed by atoms with Crippen molar-refractivity contribution in [2.75, 3.05) is 5.32 Å². The fourth-order valence-corrected chi connectivity index (χ4v) is 1.76. The topological polar surface area (TPSA) is 127 Å². The second kappa shape index (κ2) is 5.41. The van der Waals surface area contributed by atoms with Gasteiger partial charge in [-0.05, 0) is 24.3 Å². The van der Waals surface area contributed by atoms with Crippen molar-refractivity contribution in [3.05, 3.63) is 47.5 Å². The molecule has 0 aliphatic carbocycles. The van der Waals surface area contributed by atoms with Gasteiger partial charge in [0.1, 0.15) is 22.6 Å². The van der Waals surface area contributed by atoms with Gasteiger partial charge in [0.05, 0.1) is 5.69 Å². The lowest BCUT2D eigenvalue weighted by Crippen LogP contribution is -2.13. The highest BCUT2D eigenvalue weighted by atomic mass is 16.4. The highest BCUT2D eigenvalue weighted by Gasteiger charge is 2.19. The van der Waals surface area contributed by atoms with Crippen LogP contribution in [0, 0.1) is 0 Å².